The van der Waals surface area contributed by atoms with Crippen LogP contribution in [0.2, 0.25) is 0 Å². The van der Waals surface area contributed by atoms with Crippen molar-refractivity contribution in [2.75, 3.05) is 38.1 Å². The zero-order valence-corrected chi connectivity index (χ0v) is 11.7. The number of likely N-dealkylation sites (N-methyl/N-ethyl adjacent to an activating group) is 1. The van der Waals surface area contributed by atoms with Crippen LogP contribution in [0.4, 0.5) is 5.82 Å². The molecule has 1 aromatic heterocycles. The molecule has 4 nitrogen and oxygen atoms in total. The zero-order chi connectivity index (χ0) is 13.0. The maximum absolute atomic E-state index is 4.57. The Kier molecular flexibility index (Phi) is 4.55. The molecular formula is C14H24N4. The summed E-state index contributed by atoms with van der Waals surface area (Å²) in [5.74, 6) is 1.15. The molecule has 0 saturated carbocycles. The van der Waals surface area contributed by atoms with Crippen molar-refractivity contribution in [3.8, 4) is 0 Å². The minimum absolute atomic E-state index is 0.605. The van der Waals surface area contributed by atoms with Crippen molar-refractivity contribution in [3.63, 3.8) is 0 Å². The smallest absolute Gasteiger partial charge is 0.133 e. The van der Waals surface area contributed by atoms with Gasteiger partial charge in [0, 0.05) is 44.0 Å². The molecule has 2 rings (SSSR count). The van der Waals surface area contributed by atoms with Gasteiger partial charge >= 0.3 is 0 Å². The van der Waals surface area contributed by atoms with Gasteiger partial charge in [-0.3, -0.25) is 4.90 Å². The van der Waals surface area contributed by atoms with Gasteiger partial charge in [0.15, 0.2) is 0 Å². The highest BCUT2D eigenvalue weighted by atomic mass is 15.3. The Morgan fingerprint density at radius 2 is 2.28 bits per heavy atom. The van der Waals surface area contributed by atoms with E-state index in [1.807, 2.05) is 19.3 Å². The van der Waals surface area contributed by atoms with E-state index in [4.69, 9.17) is 0 Å². The van der Waals surface area contributed by atoms with Crippen LogP contribution in [0.15, 0.2) is 18.3 Å². The lowest BCUT2D eigenvalue weighted by molar-refractivity contribution is 0.199. The molecule has 100 valence electrons. The van der Waals surface area contributed by atoms with E-state index < -0.39 is 0 Å². The molecule has 1 saturated heterocycles. The fourth-order valence-electron chi connectivity index (χ4n) is 2.70. The van der Waals surface area contributed by atoms with Crippen molar-refractivity contribution in [1.82, 2.24) is 15.2 Å². The van der Waals surface area contributed by atoms with Gasteiger partial charge in [-0.15, -0.1) is 0 Å². The van der Waals surface area contributed by atoms with Crippen molar-refractivity contribution in [1.29, 1.82) is 0 Å². The number of rotatable bonds is 4. The van der Waals surface area contributed by atoms with E-state index >= 15 is 0 Å². The predicted octanol–water partition coefficient (Wildman–Crippen LogP) is 1.33. The summed E-state index contributed by atoms with van der Waals surface area (Å²) >= 11 is 0. The topological polar surface area (TPSA) is 31.4 Å². The number of nitrogens with zero attached hydrogens (tertiary/aromatic N) is 3. The Labute approximate surface area is 110 Å². The van der Waals surface area contributed by atoms with Crippen LogP contribution in [0.5, 0.6) is 0 Å². The van der Waals surface area contributed by atoms with Gasteiger partial charge in [0.25, 0.3) is 0 Å². The summed E-state index contributed by atoms with van der Waals surface area (Å²) in [6.07, 6.45) is 1.89. The number of hydrogen-bond donors (Lipinski definition) is 1. The normalized spacial score (nSPS) is 21.3. The quantitative estimate of drug-likeness (QED) is 0.871. The van der Waals surface area contributed by atoms with Crippen molar-refractivity contribution >= 4 is 5.82 Å². The third kappa shape index (κ3) is 2.82. The first-order chi connectivity index (χ1) is 8.76. The highest BCUT2D eigenvalue weighted by Gasteiger charge is 2.24. The van der Waals surface area contributed by atoms with Crippen LogP contribution < -0.4 is 10.2 Å². The van der Waals surface area contributed by atoms with Crippen molar-refractivity contribution < 1.29 is 0 Å². The second-order valence-electron chi connectivity index (χ2n) is 4.94. The molecule has 0 aliphatic carbocycles. The molecule has 0 aromatic carbocycles. The van der Waals surface area contributed by atoms with Gasteiger partial charge in [0.1, 0.15) is 5.82 Å². The average Bonchev–Trinajstić information content (AvgIpc) is 2.40. The summed E-state index contributed by atoms with van der Waals surface area (Å²) in [6, 6.07) is 4.78. The van der Waals surface area contributed by atoms with Crippen LogP contribution in [-0.2, 0) is 6.54 Å². The number of nitrogens with one attached hydrogen (secondary N) is 1. The molecule has 0 amide bonds. The number of aromatic nitrogens is 1. The number of pyridine rings is 1. The third-order valence-corrected chi connectivity index (χ3v) is 3.71. The maximum atomic E-state index is 4.57. The largest absolute Gasteiger partial charge is 0.354 e. The van der Waals surface area contributed by atoms with Gasteiger partial charge in [0.05, 0.1) is 0 Å². The lowest BCUT2D eigenvalue weighted by atomic mass is 10.1. The van der Waals surface area contributed by atoms with Gasteiger partial charge in [0.2, 0.25) is 0 Å². The van der Waals surface area contributed by atoms with Gasteiger partial charge < -0.3 is 10.2 Å². The van der Waals surface area contributed by atoms with E-state index in [2.05, 4.69) is 40.0 Å². The first-order valence-corrected chi connectivity index (χ1v) is 6.83. The fraction of sp³-hybridized carbons (Fsp3) is 0.643. The summed E-state index contributed by atoms with van der Waals surface area (Å²) in [7, 11) is 1.98. The summed E-state index contributed by atoms with van der Waals surface area (Å²) in [5, 5.41) is 3.22. The van der Waals surface area contributed by atoms with Gasteiger partial charge in [-0.1, -0.05) is 13.0 Å². The summed E-state index contributed by atoms with van der Waals surface area (Å²) < 4.78 is 0. The average molecular weight is 248 g/mol. The molecule has 1 atom stereocenters. The van der Waals surface area contributed by atoms with E-state index in [1.54, 1.807) is 0 Å². The van der Waals surface area contributed by atoms with Crippen molar-refractivity contribution in [2.24, 2.45) is 0 Å². The monoisotopic (exact) mass is 248 g/mol. The fourth-order valence-corrected chi connectivity index (χ4v) is 2.70. The molecule has 18 heavy (non-hydrogen) atoms. The molecule has 0 spiro atoms. The van der Waals surface area contributed by atoms with E-state index in [9.17, 15) is 0 Å². The van der Waals surface area contributed by atoms with Crippen LogP contribution in [0.3, 0.4) is 0 Å². The Balaban J connectivity index is 2.12. The van der Waals surface area contributed by atoms with Crippen LogP contribution in [0.1, 0.15) is 19.4 Å². The third-order valence-electron chi connectivity index (χ3n) is 3.71. The van der Waals surface area contributed by atoms with Crippen LogP contribution in [-0.4, -0.2) is 49.2 Å². The SMILES string of the molecule is CCN1CCN(c2ncccc2CNC)CC1C. The lowest BCUT2D eigenvalue weighted by Gasteiger charge is -2.40. The molecule has 4 heteroatoms. The van der Waals surface area contributed by atoms with Crippen LogP contribution in [0.25, 0.3) is 0 Å². The molecular weight excluding hydrogens is 224 g/mol. The first kappa shape index (κ1) is 13.3. The molecule has 1 aliphatic rings. The highest BCUT2D eigenvalue weighted by molar-refractivity contribution is 5.47. The standard InChI is InChI=1S/C14H24N4/c1-4-17-8-9-18(11-12(17)2)14-13(10-15-3)6-5-7-16-14/h5-7,12,15H,4,8-11H2,1-3H3. The van der Waals surface area contributed by atoms with E-state index in [1.165, 1.54) is 5.56 Å². The Morgan fingerprint density at radius 3 is 2.94 bits per heavy atom. The summed E-state index contributed by atoms with van der Waals surface area (Å²) in [6.45, 7) is 9.84. The number of anilines is 1. The molecule has 0 radical (unpaired) electrons. The molecule has 0 bridgehead atoms. The second kappa shape index (κ2) is 6.16. The lowest BCUT2D eigenvalue weighted by Crippen LogP contribution is -2.52. The van der Waals surface area contributed by atoms with E-state index in [-0.39, 0.29) is 0 Å². The van der Waals surface area contributed by atoms with Gasteiger partial charge in [-0.2, -0.15) is 0 Å². The molecule has 2 heterocycles. The molecule has 1 aliphatic heterocycles. The van der Waals surface area contributed by atoms with Crippen LogP contribution in [0, 0.1) is 0 Å². The second-order valence-corrected chi connectivity index (χ2v) is 4.94. The Hall–Kier alpha value is -1.13. The van der Waals surface area contributed by atoms with Gasteiger partial charge in [-0.25, -0.2) is 4.98 Å². The Bertz CT molecular complexity index is 380. The van der Waals surface area contributed by atoms with E-state index in [0.717, 1.165) is 38.5 Å². The first-order valence-electron chi connectivity index (χ1n) is 6.83. The minimum Gasteiger partial charge on any atom is -0.354 e. The molecule has 1 N–H and O–H groups in total. The molecule has 1 unspecified atom stereocenters. The zero-order valence-electron chi connectivity index (χ0n) is 11.7. The summed E-state index contributed by atoms with van der Waals surface area (Å²) in [4.78, 5) is 9.52. The van der Waals surface area contributed by atoms with Crippen LogP contribution >= 0.6 is 0 Å². The van der Waals surface area contributed by atoms with Crippen molar-refractivity contribution in [2.45, 2.75) is 26.4 Å². The predicted molar refractivity (Wildman–Crippen MR) is 75.9 cm³/mol. The summed E-state index contributed by atoms with van der Waals surface area (Å²) in [5.41, 5.74) is 1.29. The number of hydrogen-bond acceptors (Lipinski definition) is 4. The Morgan fingerprint density at radius 1 is 1.44 bits per heavy atom. The van der Waals surface area contributed by atoms with E-state index in [0.29, 0.717) is 6.04 Å². The van der Waals surface area contributed by atoms with Crippen molar-refractivity contribution in [3.05, 3.63) is 23.9 Å². The molecule has 1 aromatic rings. The van der Waals surface area contributed by atoms with Gasteiger partial charge in [-0.05, 0) is 26.6 Å². The minimum atomic E-state index is 0.605. The maximum Gasteiger partial charge on any atom is 0.133 e. The number of piperazine rings is 1. The highest BCUT2D eigenvalue weighted by Crippen LogP contribution is 2.20. The molecule has 1 fully saturated rings.